The normalized spacial score (nSPS) is 14.0. The molecule has 0 atom stereocenters. The molecule has 0 spiro atoms. The second-order valence-electron chi connectivity index (χ2n) is 11.5. The van der Waals surface area contributed by atoms with E-state index in [0.717, 1.165) is 22.6 Å². The van der Waals surface area contributed by atoms with Crippen LogP contribution in [0.2, 0.25) is 0 Å². The summed E-state index contributed by atoms with van der Waals surface area (Å²) in [6.07, 6.45) is -15.6. The Labute approximate surface area is 256 Å². The van der Waals surface area contributed by atoms with Crippen molar-refractivity contribution < 1.29 is 48.3 Å². The number of imidazole rings is 1. The predicted octanol–water partition coefficient (Wildman–Crippen LogP) is 9.12. The van der Waals surface area contributed by atoms with Crippen LogP contribution < -0.4 is 11.1 Å². The second-order valence-corrected chi connectivity index (χ2v) is 11.5. The number of benzene rings is 4. The van der Waals surface area contributed by atoms with E-state index in [2.05, 4.69) is 4.98 Å². The van der Waals surface area contributed by atoms with E-state index in [-0.39, 0.29) is 55.6 Å². The monoisotopic (exact) mass is 679 g/mol. The number of alkyl halides is 11. The Morgan fingerprint density at radius 1 is 0.521 bits per heavy atom. The van der Waals surface area contributed by atoms with Crippen LogP contribution in [0.3, 0.4) is 0 Å². The van der Waals surface area contributed by atoms with Gasteiger partial charge in [0.1, 0.15) is 11.2 Å². The van der Waals surface area contributed by atoms with Crippen LogP contribution in [0.5, 0.6) is 0 Å². The number of hydrogen-bond donors (Lipinski definition) is 0. The highest BCUT2D eigenvalue weighted by molar-refractivity contribution is 6.28. The fraction of sp³-hybridized carbons (Fsp3) is 0.156. The summed E-state index contributed by atoms with van der Waals surface area (Å²) < 4.78 is 156. The summed E-state index contributed by atoms with van der Waals surface area (Å²) in [4.78, 5) is 31.8. The summed E-state index contributed by atoms with van der Waals surface area (Å²) >= 11 is 0. The predicted molar refractivity (Wildman–Crippen MR) is 153 cm³/mol. The van der Waals surface area contributed by atoms with Gasteiger partial charge in [-0.1, -0.05) is 6.07 Å². The minimum Gasteiger partial charge on any atom is -0.276 e. The molecule has 0 N–H and O–H groups in total. The number of aromatic nitrogens is 3. The molecule has 0 saturated heterocycles. The van der Waals surface area contributed by atoms with Crippen LogP contribution in [0.25, 0.3) is 65.4 Å². The standard InChI is InChI=1S/C32H12F11N3O2/c1-29(33,34)11-6-19(32(41,42)43)25-22(8-11)46-26(44-25)14-3-5-15-23-13(2-4-16(24(14)23)28(46)48)21-10-17-18(31(38,39)40)7-12(30(35,36)37)9-20(17)45(21)27(15)47/h2-10H,1H3. The Kier molecular flexibility index (Phi) is 5.51. The highest BCUT2D eigenvalue weighted by atomic mass is 19.4. The Balaban J connectivity index is 1.58. The molecule has 8 rings (SSSR count). The molecule has 244 valence electrons. The third kappa shape index (κ3) is 3.88. The number of pyridine rings is 2. The molecule has 0 aliphatic rings. The maximum absolute atomic E-state index is 14.3. The number of hydrogen-bond acceptors (Lipinski definition) is 3. The zero-order valence-corrected chi connectivity index (χ0v) is 23.5. The van der Waals surface area contributed by atoms with Crippen molar-refractivity contribution in [1.82, 2.24) is 13.8 Å². The van der Waals surface area contributed by atoms with Gasteiger partial charge in [-0.2, -0.15) is 39.5 Å². The number of rotatable bonds is 1. The van der Waals surface area contributed by atoms with Crippen LogP contribution in [0.4, 0.5) is 48.3 Å². The van der Waals surface area contributed by atoms with Crippen LogP contribution in [0, 0.1) is 0 Å². The lowest BCUT2D eigenvalue weighted by Crippen LogP contribution is -2.17. The Morgan fingerprint density at radius 3 is 1.60 bits per heavy atom. The molecular formula is C32H12F11N3O2. The first-order valence-corrected chi connectivity index (χ1v) is 13.7. The topological polar surface area (TPSA) is 55.9 Å². The first-order chi connectivity index (χ1) is 22.2. The molecule has 0 saturated carbocycles. The van der Waals surface area contributed by atoms with Gasteiger partial charge in [0.15, 0.2) is 0 Å². The van der Waals surface area contributed by atoms with Crippen molar-refractivity contribution in [3.63, 3.8) is 0 Å². The average Bonchev–Trinajstić information content (AvgIpc) is 3.55. The molecule has 0 unspecified atom stereocenters. The quantitative estimate of drug-likeness (QED) is 0.129. The average molecular weight is 679 g/mol. The Morgan fingerprint density at radius 2 is 1.02 bits per heavy atom. The highest BCUT2D eigenvalue weighted by Crippen LogP contribution is 2.44. The third-order valence-corrected chi connectivity index (χ3v) is 8.67. The Bertz CT molecular complexity index is 2630. The van der Waals surface area contributed by atoms with Gasteiger partial charge >= 0.3 is 18.5 Å². The van der Waals surface area contributed by atoms with Crippen LogP contribution in [-0.2, 0) is 24.5 Å². The molecule has 8 aromatic rings. The molecule has 4 heterocycles. The van der Waals surface area contributed by atoms with E-state index in [0.29, 0.717) is 17.4 Å². The first-order valence-electron chi connectivity index (χ1n) is 13.7. The molecule has 0 fully saturated rings. The van der Waals surface area contributed by atoms with Gasteiger partial charge in [0, 0.05) is 50.2 Å². The van der Waals surface area contributed by atoms with E-state index in [9.17, 15) is 57.9 Å². The van der Waals surface area contributed by atoms with Crippen molar-refractivity contribution in [2.75, 3.05) is 0 Å². The van der Waals surface area contributed by atoms with Crippen LogP contribution in [0.1, 0.15) is 29.2 Å². The van der Waals surface area contributed by atoms with E-state index >= 15 is 0 Å². The zero-order chi connectivity index (χ0) is 34.6. The fourth-order valence-electron chi connectivity index (χ4n) is 6.65. The van der Waals surface area contributed by atoms with Crippen molar-refractivity contribution in [2.45, 2.75) is 31.4 Å². The number of nitrogens with zero attached hydrogens (tertiary/aromatic N) is 3. The number of fused-ring (bicyclic) bond motifs is 8. The van der Waals surface area contributed by atoms with Gasteiger partial charge in [0.2, 0.25) is 0 Å². The molecule has 16 heteroatoms. The largest absolute Gasteiger partial charge is 0.418 e. The van der Waals surface area contributed by atoms with E-state index in [1.165, 1.54) is 18.2 Å². The van der Waals surface area contributed by atoms with E-state index in [1.54, 1.807) is 0 Å². The summed E-state index contributed by atoms with van der Waals surface area (Å²) in [5.74, 6) is -3.74. The maximum Gasteiger partial charge on any atom is 0.418 e. The van der Waals surface area contributed by atoms with Crippen LogP contribution >= 0.6 is 0 Å². The maximum atomic E-state index is 14.3. The van der Waals surface area contributed by atoms with Crippen molar-refractivity contribution in [3.8, 4) is 0 Å². The van der Waals surface area contributed by atoms with E-state index < -0.39 is 79.8 Å². The van der Waals surface area contributed by atoms with Crippen LogP contribution in [0.15, 0.2) is 64.2 Å². The van der Waals surface area contributed by atoms with Gasteiger partial charge in [0.25, 0.3) is 17.0 Å². The third-order valence-electron chi connectivity index (χ3n) is 8.67. The van der Waals surface area contributed by atoms with Gasteiger partial charge in [-0.05, 0) is 48.5 Å². The Hall–Kier alpha value is -5.28. The van der Waals surface area contributed by atoms with Crippen molar-refractivity contribution >= 4 is 65.4 Å². The summed E-state index contributed by atoms with van der Waals surface area (Å²) in [5.41, 5.74) is -10.5. The fourth-order valence-corrected chi connectivity index (χ4v) is 6.65. The van der Waals surface area contributed by atoms with E-state index in [4.69, 9.17) is 0 Å². The first kappa shape index (κ1) is 30.1. The zero-order valence-electron chi connectivity index (χ0n) is 23.5. The lowest BCUT2D eigenvalue weighted by atomic mass is 9.96. The van der Waals surface area contributed by atoms with Gasteiger partial charge in [-0.3, -0.25) is 18.4 Å². The lowest BCUT2D eigenvalue weighted by Gasteiger charge is -2.15. The molecule has 0 amide bonds. The van der Waals surface area contributed by atoms with Crippen molar-refractivity contribution in [3.05, 3.63) is 97.6 Å². The lowest BCUT2D eigenvalue weighted by molar-refractivity contribution is -0.142. The SMILES string of the molecule is CC(F)(F)c1cc(C(F)(F)F)c2nc3c4ccc5c(=O)n6c7cc(C(F)(F)F)cc(C(F)(F)F)c7cc6c6ccc(c(=O)n3c2c1)c4c56. The summed E-state index contributed by atoms with van der Waals surface area (Å²) in [7, 11) is 0. The van der Waals surface area contributed by atoms with Crippen molar-refractivity contribution in [2.24, 2.45) is 0 Å². The molecular weight excluding hydrogens is 667 g/mol. The molecule has 0 bridgehead atoms. The molecule has 0 aliphatic carbocycles. The molecule has 4 aromatic heterocycles. The molecule has 5 nitrogen and oxygen atoms in total. The summed E-state index contributed by atoms with van der Waals surface area (Å²) in [6, 6.07) is 7.06. The summed E-state index contributed by atoms with van der Waals surface area (Å²) in [6.45, 7) is 0.388. The number of halogens is 11. The summed E-state index contributed by atoms with van der Waals surface area (Å²) in [5, 5.41) is -1.06. The van der Waals surface area contributed by atoms with Gasteiger partial charge in [0.05, 0.1) is 33.2 Å². The minimum atomic E-state index is -5.25. The van der Waals surface area contributed by atoms with Gasteiger partial charge in [-0.25, -0.2) is 13.8 Å². The molecule has 48 heavy (non-hydrogen) atoms. The highest BCUT2D eigenvalue weighted by Gasteiger charge is 2.40. The molecule has 0 radical (unpaired) electrons. The van der Waals surface area contributed by atoms with Crippen LogP contribution in [-0.4, -0.2) is 13.8 Å². The smallest absolute Gasteiger partial charge is 0.276 e. The van der Waals surface area contributed by atoms with Gasteiger partial charge < -0.3 is 0 Å². The second kappa shape index (κ2) is 8.79. The molecule has 0 aliphatic heterocycles. The van der Waals surface area contributed by atoms with Crippen molar-refractivity contribution in [1.29, 1.82) is 0 Å². The van der Waals surface area contributed by atoms with Gasteiger partial charge in [-0.15, -0.1) is 0 Å². The van der Waals surface area contributed by atoms with E-state index in [1.807, 2.05) is 0 Å². The molecule has 4 aromatic carbocycles. The minimum absolute atomic E-state index is 0.00149.